The van der Waals surface area contributed by atoms with E-state index in [1.807, 2.05) is 44.2 Å². The van der Waals surface area contributed by atoms with Gasteiger partial charge in [-0.15, -0.1) is 5.10 Å². The summed E-state index contributed by atoms with van der Waals surface area (Å²) in [5, 5.41) is 14.8. The van der Waals surface area contributed by atoms with Gasteiger partial charge in [0.15, 0.2) is 5.82 Å². The molecule has 3 aromatic rings. The molecule has 3 rings (SSSR count). The lowest BCUT2D eigenvalue weighted by Crippen LogP contribution is -2.28. The van der Waals surface area contributed by atoms with Gasteiger partial charge in [-0.2, -0.15) is 4.68 Å². The molecule has 1 unspecified atom stereocenters. The number of halogens is 1. The minimum absolute atomic E-state index is 0.220. The molecule has 0 saturated carbocycles. The maximum Gasteiger partial charge on any atom is 0.251 e. The Morgan fingerprint density at radius 1 is 1.27 bits per heavy atom. The third kappa shape index (κ3) is 4.08. The summed E-state index contributed by atoms with van der Waals surface area (Å²) in [7, 11) is 0. The monoisotopic (exact) mass is 415 g/mol. The highest BCUT2D eigenvalue weighted by molar-refractivity contribution is 9.10. The summed E-state index contributed by atoms with van der Waals surface area (Å²) in [6.45, 7) is 4.28. The molecule has 26 heavy (non-hydrogen) atoms. The summed E-state index contributed by atoms with van der Waals surface area (Å²) in [4.78, 5) is 12.6. The number of amides is 1. The zero-order chi connectivity index (χ0) is 18.5. The number of nitrogens with zero attached hydrogens (tertiary/aromatic N) is 4. The quantitative estimate of drug-likeness (QED) is 0.667. The van der Waals surface area contributed by atoms with E-state index in [0.29, 0.717) is 23.7 Å². The standard InChI is InChI=1S/C18H18BrN5O2/c1-3-26-16-9-4-6-13(10-16)18(25)20-12(2)17-21-22-23-24(17)15-8-5-7-14(19)11-15/h4-12H,3H2,1-2H3,(H,20,25). The molecule has 0 radical (unpaired) electrons. The summed E-state index contributed by atoms with van der Waals surface area (Å²) in [6, 6.07) is 14.3. The molecular weight excluding hydrogens is 398 g/mol. The van der Waals surface area contributed by atoms with Gasteiger partial charge in [0, 0.05) is 10.0 Å². The molecule has 0 fully saturated rings. The van der Waals surface area contributed by atoms with Gasteiger partial charge in [0.25, 0.3) is 5.91 Å². The van der Waals surface area contributed by atoms with Crippen LogP contribution in [-0.2, 0) is 0 Å². The van der Waals surface area contributed by atoms with E-state index >= 15 is 0 Å². The van der Waals surface area contributed by atoms with Crippen molar-refractivity contribution in [3.05, 3.63) is 64.4 Å². The predicted molar refractivity (Wildman–Crippen MR) is 100 cm³/mol. The average molecular weight is 416 g/mol. The molecule has 1 aromatic heterocycles. The topological polar surface area (TPSA) is 81.9 Å². The second-order valence-electron chi connectivity index (χ2n) is 5.58. The highest BCUT2D eigenvalue weighted by Crippen LogP contribution is 2.19. The Morgan fingerprint density at radius 2 is 2.08 bits per heavy atom. The lowest BCUT2D eigenvalue weighted by molar-refractivity contribution is 0.0937. The molecule has 0 aliphatic carbocycles. The molecule has 0 bridgehead atoms. The number of rotatable bonds is 6. The van der Waals surface area contributed by atoms with Crippen LogP contribution in [0.1, 0.15) is 36.1 Å². The maximum absolute atomic E-state index is 12.6. The van der Waals surface area contributed by atoms with Crippen molar-refractivity contribution in [3.63, 3.8) is 0 Å². The minimum atomic E-state index is -0.382. The van der Waals surface area contributed by atoms with Gasteiger partial charge in [-0.1, -0.05) is 28.1 Å². The van der Waals surface area contributed by atoms with Crippen molar-refractivity contribution in [1.29, 1.82) is 0 Å². The van der Waals surface area contributed by atoms with E-state index in [0.717, 1.165) is 10.2 Å². The second-order valence-corrected chi connectivity index (χ2v) is 6.50. The van der Waals surface area contributed by atoms with Crippen molar-refractivity contribution < 1.29 is 9.53 Å². The lowest BCUT2D eigenvalue weighted by Gasteiger charge is -2.14. The normalized spacial score (nSPS) is 11.8. The fourth-order valence-electron chi connectivity index (χ4n) is 2.49. The van der Waals surface area contributed by atoms with Crippen LogP contribution >= 0.6 is 15.9 Å². The van der Waals surface area contributed by atoms with Gasteiger partial charge in [-0.3, -0.25) is 4.79 Å². The first-order valence-electron chi connectivity index (χ1n) is 8.16. The SMILES string of the molecule is CCOc1cccc(C(=O)NC(C)c2nnnn2-c2cccc(Br)c2)c1. The zero-order valence-electron chi connectivity index (χ0n) is 14.4. The number of carbonyl (C=O) groups is 1. The Morgan fingerprint density at radius 3 is 2.85 bits per heavy atom. The number of tetrazole rings is 1. The summed E-state index contributed by atoms with van der Waals surface area (Å²) in [6.07, 6.45) is 0. The summed E-state index contributed by atoms with van der Waals surface area (Å²) in [5.41, 5.74) is 1.32. The van der Waals surface area contributed by atoms with Gasteiger partial charge in [-0.05, 0) is 60.7 Å². The molecule has 0 spiro atoms. The van der Waals surface area contributed by atoms with E-state index in [1.165, 1.54) is 0 Å². The first-order valence-corrected chi connectivity index (χ1v) is 8.95. The molecule has 0 aliphatic rings. The van der Waals surface area contributed by atoms with Crippen LogP contribution < -0.4 is 10.1 Å². The van der Waals surface area contributed by atoms with E-state index in [-0.39, 0.29) is 11.9 Å². The molecule has 8 heteroatoms. The number of hydrogen-bond acceptors (Lipinski definition) is 5. The minimum Gasteiger partial charge on any atom is -0.494 e. The van der Waals surface area contributed by atoms with Crippen molar-refractivity contribution >= 4 is 21.8 Å². The van der Waals surface area contributed by atoms with Crippen molar-refractivity contribution in [2.24, 2.45) is 0 Å². The van der Waals surface area contributed by atoms with Crippen molar-refractivity contribution in [2.45, 2.75) is 19.9 Å². The second kappa shape index (κ2) is 8.09. The van der Waals surface area contributed by atoms with Gasteiger partial charge in [0.2, 0.25) is 0 Å². The molecule has 1 heterocycles. The van der Waals surface area contributed by atoms with E-state index in [1.54, 1.807) is 22.9 Å². The summed E-state index contributed by atoms with van der Waals surface area (Å²) < 4.78 is 7.96. The Hall–Kier alpha value is -2.74. The van der Waals surface area contributed by atoms with Gasteiger partial charge in [-0.25, -0.2) is 0 Å². The van der Waals surface area contributed by atoms with Gasteiger partial charge < -0.3 is 10.1 Å². The number of hydrogen-bond donors (Lipinski definition) is 1. The van der Waals surface area contributed by atoms with Crippen LogP contribution in [0.2, 0.25) is 0 Å². The number of carbonyl (C=O) groups excluding carboxylic acids is 1. The van der Waals surface area contributed by atoms with Crippen LogP contribution in [0.25, 0.3) is 5.69 Å². The Kier molecular flexibility index (Phi) is 5.62. The van der Waals surface area contributed by atoms with Crippen LogP contribution in [0.3, 0.4) is 0 Å². The molecular formula is C18H18BrN5O2. The molecule has 0 saturated heterocycles. The van der Waals surface area contributed by atoms with Gasteiger partial charge in [0.05, 0.1) is 18.3 Å². The Labute approximate surface area is 159 Å². The summed E-state index contributed by atoms with van der Waals surface area (Å²) in [5.74, 6) is 0.979. The molecule has 2 aromatic carbocycles. The van der Waals surface area contributed by atoms with Gasteiger partial charge in [0.1, 0.15) is 5.75 Å². The Balaban J connectivity index is 1.79. The molecule has 0 aliphatic heterocycles. The smallest absolute Gasteiger partial charge is 0.251 e. The lowest BCUT2D eigenvalue weighted by atomic mass is 10.2. The maximum atomic E-state index is 12.6. The van der Waals surface area contributed by atoms with E-state index in [4.69, 9.17) is 4.74 Å². The van der Waals surface area contributed by atoms with Crippen LogP contribution in [0.5, 0.6) is 5.75 Å². The summed E-state index contributed by atoms with van der Waals surface area (Å²) >= 11 is 3.44. The third-order valence-electron chi connectivity index (χ3n) is 3.69. The van der Waals surface area contributed by atoms with Crippen LogP contribution in [0.4, 0.5) is 0 Å². The van der Waals surface area contributed by atoms with Crippen LogP contribution in [-0.4, -0.2) is 32.7 Å². The molecule has 1 atom stereocenters. The van der Waals surface area contributed by atoms with Crippen LogP contribution in [0.15, 0.2) is 53.0 Å². The first-order chi connectivity index (χ1) is 12.6. The highest BCUT2D eigenvalue weighted by atomic mass is 79.9. The first kappa shape index (κ1) is 18.1. The fraction of sp³-hybridized carbons (Fsp3) is 0.222. The van der Waals surface area contributed by atoms with Gasteiger partial charge >= 0.3 is 0 Å². The Bertz CT molecular complexity index is 912. The number of ether oxygens (including phenoxy) is 1. The molecule has 134 valence electrons. The highest BCUT2D eigenvalue weighted by Gasteiger charge is 2.19. The molecule has 1 N–H and O–H groups in total. The number of nitrogens with one attached hydrogen (secondary N) is 1. The van der Waals surface area contributed by atoms with E-state index < -0.39 is 0 Å². The fourth-order valence-corrected chi connectivity index (χ4v) is 2.88. The van der Waals surface area contributed by atoms with E-state index in [2.05, 4.69) is 36.8 Å². The average Bonchev–Trinajstić information content (AvgIpc) is 3.12. The van der Waals surface area contributed by atoms with E-state index in [9.17, 15) is 4.79 Å². The van der Waals surface area contributed by atoms with Crippen molar-refractivity contribution in [2.75, 3.05) is 6.61 Å². The van der Waals surface area contributed by atoms with Crippen LogP contribution in [0, 0.1) is 0 Å². The number of aromatic nitrogens is 4. The third-order valence-corrected chi connectivity index (χ3v) is 4.18. The van der Waals surface area contributed by atoms with Crippen molar-refractivity contribution in [3.8, 4) is 11.4 Å². The predicted octanol–water partition coefficient (Wildman–Crippen LogP) is 3.31. The zero-order valence-corrected chi connectivity index (χ0v) is 16.0. The van der Waals surface area contributed by atoms with Crippen molar-refractivity contribution in [1.82, 2.24) is 25.5 Å². The number of benzene rings is 2. The largest absolute Gasteiger partial charge is 0.494 e. The molecule has 7 nitrogen and oxygen atoms in total. The molecule has 1 amide bonds.